The van der Waals surface area contributed by atoms with Crippen LogP contribution in [0.2, 0.25) is 0 Å². The van der Waals surface area contributed by atoms with Crippen molar-refractivity contribution >= 4 is 23.2 Å². The van der Waals surface area contributed by atoms with E-state index in [2.05, 4.69) is 20.9 Å². The first-order valence-electron chi connectivity index (χ1n) is 8.15. The summed E-state index contributed by atoms with van der Waals surface area (Å²) < 4.78 is 1.62. The van der Waals surface area contributed by atoms with Crippen molar-refractivity contribution in [1.82, 2.24) is 15.0 Å². The van der Waals surface area contributed by atoms with Crippen LogP contribution in [0.1, 0.15) is 28.5 Å². The minimum absolute atomic E-state index is 0.166. The van der Waals surface area contributed by atoms with E-state index in [9.17, 15) is 9.59 Å². The molecule has 0 saturated heterocycles. The van der Waals surface area contributed by atoms with E-state index in [0.717, 1.165) is 11.1 Å². The highest BCUT2D eigenvalue weighted by molar-refractivity contribution is 6.03. The van der Waals surface area contributed by atoms with Gasteiger partial charge in [-0.2, -0.15) is 0 Å². The number of benzene rings is 2. The summed E-state index contributed by atoms with van der Waals surface area (Å²) in [4.78, 5) is 23.7. The van der Waals surface area contributed by atoms with Crippen LogP contribution in [-0.4, -0.2) is 26.8 Å². The van der Waals surface area contributed by atoms with E-state index in [-0.39, 0.29) is 17.5 Å². The molecule has 7 heteroatoms. The average Bonchev–Trinajstić information content (AvgIpc) is 3.07. The van der Waals surface area contributed by atoms with Crippen LogP contribution in [0.25, 0.3) is 0 Å². The molecule has 132 valence electrons. The Labute approximate surface area is 151 Å². The molecule has 26 heavy (non-hydrogen) atoms. The molecule has 3 rings (SSSR count). The van der Waals surface area contributed by atoms with Gasteiger partial charge in [0.05, 0.1) is 12.7 Å². The third kappa shape index (κ3) is 4.13. The summed E-state index contributed by atoms with van der Waals surface area (Å²) in [6, 6.07) is 15.1. The van der Waals surface area contributed by atoms with Crippen molar-refractivity contribution < 1.29 is 9.59 Å². The third-order valence-corrected chi connectivity index (χ3v) is 3.85. The summed E-state index contributed by atoms with van der Waals surface area (Å²) in [5.74, 6) is -0.521. The van der Waals surface area contributed by atoms with Crippen molar-refractivity contribution in [3.63, 3.8) is 0 Å². The fraction of sp³-hybridized carbons (Fsp3) is 0.158. The molecule has 0 aliphatic heterocycles. The fourth-order valence-corrected chi connectivity index (χ4v) is 2.53. The summed E-state index contributed by atoms with van der Waals surface area (Å²) >= 11 is 0. The molecule has 0 saturated carbocycles. The Morgan fingerprint density at radius 2 is 1.69 bits per heavy atom. The lowest BCUT2D eigenvalue weighted by Crippen LogP contribution is -2.14. The quantitative estimate of drug-likeness (QED) is 0.741. The van der Waals surface area contributed by atoms with Crippen molar-refractivity contribution in [3.8, 4) is 0 Å². The van der Waals surface area contributed by atoms with Crippen LogP contribution in [0.3, 0.4) is 0 Å². The molecule has 0 spiro atoms. The minimum Gasteiger partial charge on any atom is -0.326 e. The van der Waals surface area contributed by atoms with Crippen LogP contribution in [0.15, 0.2) is 54.7 Å². The largest absolute Gasteiger partial charge is 0.326 e. The lowest BCUT2D eigenvalue weighted by atomic mass is 10.1. The predicted molar refractivity (Wildman–Crippen MR) is 99.0 cm³/mol. The van der Waals surface area contributed by atoms with Gasteiger partial charge in [0.15, 0.2) is 5.69 Å². The molecule has 0 unspecified atom stereocenters. The summed E-state index contributed by atoms with van der Waals surface area (Å²) in [5, 5.41) is 13.5. The molecule has 0 atom stereocenters. The Balaban J connectivity index is 1.72. The van der Waals surface area contributed by atoms with E-state index < -0.39 is 0 Å². The number of carbonyl (C=O) groups is 2. The van der Waals surface area contributed by atoms with E-state index >= 15 is 0 Å². The van der Waals surface area contributed by atoms with Gasteiger partial charge in [-0.05, 0) is 30.2 Å². The standard InChI is InChI=1S/C19H19N5O2/c1-13-16(20-14(2)25)9-6-10-17(13)21-19(26)18-12-24(23-22-18)11-15-7-4-3-5-8-15/h3-10,12H,11H2,1-2H3,(H,20,25)(H,21,26). The zero-order chi connectivity index (χ0) is 18.5. The molecule has 7 nitrogen and oxygen atoms in total. The normalized spacial score (nSPS) is 10.4. The van der Waals surface area contributed by atoms with Gasteiger partial charge < -0.3 is 10.6 Å². The zero-order valence-electron chi connectivity index (χ0n) is 14.6. The SMILES string of the molecule is CC(=O)Nc1cccc(NC(=O)c2cn(Cc3ccccc3)nn2)c1C. The maximum atomic E-state index is 12.5. The molecule has 2 N–H and O–H groups in total. The molecule has 2 aromatic carbocycles. The molecule has 1 aromatic heterocycles. The first kappa shape index (κ1) is 17.3. The Morgan fingerprint density at radius 3 is 2.38 bits per heavy atom. The summed E-state index contributed by atoms with van der Waals surface area (Å²) in [5.41, 5.74) is 3.34. The molecule has 2 amide bonds. The lowest BCUT2D eigenvalue weighted by Gasteiger charge is -2.11. The lowest BCUT2D eigenvalue weighted by molar-refractivity contribution is -0.114. The molecule has 3 aromatic rings. The molecule has 0 fully saturated rings. The smallest absolute Gasteiger partial charge is 0.277 e. The van der Waals surface area contributed by atoms with Crippen LogP contribution < -0.4 is 10.6 Å². The van der Waals surface area contributed by atoms with Crippen molar-refractivity contribution in [2.45, 2.75) is 20.4 Å². The molecule has 1 heterocycles. The van der Waals surface area contributed by atoms with Gasteiger partial charge in [0.1, 0.15) is 0 Å². The maximum Gasteiger partial charge on any atom is 0.277 e. The van der Waals surface area contributed by atoms with Crippen molar-refractivity contribution in [2.24, 2.45) is 0 Å². The first-order valence-corrected chi connectivity index (χ1v) is 8.15. The van der Waals surface area contributed by atoms with Gasteiger partial charge in [-0.15, -0.1) is 5.10 Å². The van der Waals surface area contributed by atoms with Crippen LogP contribution in [0.5, 0.6) is 0 Å². The predicted octanol–water partition coefficient (Wildman–Crippen LogP) is 2.85. The highest BCUT2D eigenvalue weighted by Crippen LogP contribution is 2.23. The minimum atomic E-state index is -0.354. The molecule has 0 bridgehead atoms. The van der Waals surface area contributed by atoms with Crippen LogP contribution in [0, 0.1) is 6.92 Å². The van der Waals surface area contributed by atoms with E-state index in [1.165, 1.54) is 6.92 Å². The van der Waals surface area contributed by atoms with Gasteiger partial charge >= 0.3 is 0 Å². The highest BCUT2D eigenvalue weighted by atomic mass is 16.2. The Kier molecular flexibility index (Phi) is 5.07. The number of hydrogen-bond acceptors (Lipinski definition) is 4. The number of nitrogens with zero attached hydrogens (tertiary/aromatic N) is 3. The average molecular weight is 349 g/mol. The summed E-state index contributed by atoms with van der Waals surface area (Å²) in [7, 11) is 0. The van der Waals surface area contributed by atoms with Crippen LogP contribution in [-0.2, 0) is 11.3 Å². The van der Waals surface area contributed by atoms with Gasteiger partial charge in [0, 0.05) is 18.3 Å². The number of rotatable bonds is 5. The van der Waals surface area contributed by atoms with Gasteiger partial charge in [0.2, 0.25) is 5.91 Å². The molecular weight excluding hydrogens is 330 g/mol. The van der Waals surface area contributed by atoms with E-state index in [4.69, 9.17) is 0 Å². The van der Waals surface area contributed by atoms with Gasteiger partial charge in [-0.1, -0.05) is 41.6 Å². The van der Waals surface area contributed by atoms with Gasteiger partial charge in [-0.25, -0.2) is 4.68 Å². The topological polar surface area (TPSA) is 88.9 Å². The van der Waals surface area contributed by atoms with Crippen LogP contribution in [0.4, 0.5) is 11.4 Å². The van der Waals surface area contributed by atoms with Gasteiger partial charge in [0.25, 0.3) is 5.91 Å². The van der Waals surface area contributed by atoms with E-state index in [1.54, 1.807) is 29.1 Å². The van der Waals surface area contributed by atoms with Crippen molar-refractivity contribution in [2.75, 3.05) is 10.6 Å². The Morgan fingerprint density at radius 1 is 1.00 bits per heavy atom. The molecular formula is C19H19N5O2. The second kappa shape index (κ2) is 7.60. The monoisotopic (exact) mass is 349 g/mol. The number of carbonyl (C=O) groups excluding carboxylic acids is 2. The number of amides is 2. The molecule has 0 aliphatic carbocycles. The Bertz CT molecular complexity index is 934. The molecule has 0 aliphatic rings. The van der Waals surface area contributed by atoms with Crippen molar-refractivity contribution in [1.29, 1.82) is 0 Å². The first-order chi connectivity index (χ1) is 12.5. The third-order valence-electron chi connectivity index (χ3n) is 3.85. The number of aromatic nitrogens is 3. The van der Waals surface area contributed by atoms with E-state index in [0.29, 0.717) is 17.9 Å². The zero-order valence-corrected chi connectivity index (χ0v) is 14.6. The number of nitrogens with one attached hydrogen (secondary N) is 2. The number of hydrogen-bond donors (Lipinski definition) is 2. The second-order valence-electron chi connectivity index (χ2n) is 5.90. The van der Waals surface area contributed by atoms with Gasteiger partial charge in [-0.3, -0.25) is 9.59 Å². The fourth-order valence-electron chi connectivity index (χ4n) is 2.53. The van der Waals surface area contributed by atoms with Crippen molar-refractivity contribution in [3.05, 3.63) is 71.5 Å². The maximum absolute atomic E-state index is 12.5. The Hall–Kier alpha value is -3.48. The number of anilines is 2. The molecule has 0 radical (unpaired) electrons. The summed E-state index contributed by atoms with van der Waals surface area (Å²) in [6.45, 7) is 3.81. The van der Waals surface area contributed by atoms with Crippen LogP contribution >= 0.6 is 0 Å². The second-order valence-corrected chi connectivity index (χ2v) is 5.90. The van der Waals surface area contributed by atoms with E-state index in [1.807, 2.05) is 37.3 Å². The summed E-state index contributed by atoms with van der Waals surface area (Å²) in [6.07, 6.45) is 1.61. The highest BCUT2D eigenvalue weighted by Gasteiger charge is 2.14.